The van der Waals surface area contributed by atoms with Crippen LogP contribution in [0.25, 0.3) is 0 Å². The molecule has 3 N–H and O–H groups in total. The minimum absolute atomic E-state index is 0.0404. The third kappa shape index (κ3) is 6.30. The molecule has 2 amide bonds. The molecule has 3 heterocycles. The van der Waals surface area contributed by atoms with Crippen molar-refractivity contribution < 1.29 is 23.9 Å². The van der Waals surface area contributed by atoms with E-state index in [0.717, 1.165) is 22.5 Å². The van der Waals surface area contributed by atoms with E-state index in [-0.39, 0.29) is 23.1 Å². The molecule has 4 aromatic rings. The topological polar surface area (TPSA) is 153 Å². The monoisotopic (exact) mass is 641 g/mol. The van der Waals surface area contributed by atoms with E-state index >= 15 is 0 Å². The number of nitrogens with two attached hydrogens (primary N) is 1. The maximum Gasteiger partial charge on any atom is 0.356 e. The number of thioether (sulfide) groups is 1. The van der Waals surface area contributed by atoms with Gasteiger partial charge in [-0.3, -0.25) is 14.5 Å². The number of nitrogen functional groups attached to an aromatic ring is 1. The molecule has 228 valence electrons. The number of esters is 1. The number of fused-ring (bicyclic) bond motifs is 1. The Kier molecular flexibility index (Phi) is 8.89. The number of benzene rings is 3. The molecule has 6 rings (SSSR count). The highest BCUT2D eigenvalue weighted by Crippen LogP contribution is 2.42. The maximum absolute atomic E-state index is 14.1. The van der Waals surface area contributed by atoms with Gasteiger partial charge in [-0.1, -0.05) is 78.9 Å². The third-order valence-corrected chi connectivity index (χ3v) is 9.33. The zero-order chi connectivity index (χ0) is 31.3. The molecule has 13 heteroatoms. The Morgan fingerprint density at radius 1 is 1.00 bits per heavy atom. The molecule has 0 saturated carbocycles. The van der Waals surface area contributed by atoms with Crippen LogP contribution >= 0.6 is 23.1 Å². The fourth-order valence-electron chi connectivity index (χ4n) is 5.11. The molecule has 45 heavy (non-hydrogen) atoms. The lowest BCUT2D eigenvalue weighted by Crippen LogP contribution is -2.71. The number of carbonyl (C=O) groups is 3. The van der Waals surface area contributed by atoms with Crippen LogP contribution in [0.4, 0.5) is 5.13 Å². The van der Waals surface area contributed by atoms with Crippen LogP contribution in [0.3, 0.4) is 0 Å². The zero-order valence-electron chi connectivity index (χ0n) is 23.6. The molecule has 1 saturated heterocycles. The first kappa shape index (κ1) is 30.0. The quantitative estimate of drug-likeness (QED) is 0.136. The minimum atomic E-state index is -1.47. The largest absolute Gasteiger partial charge is 0.489 e. The lowest BCUT2D eigenvalue weighted by molar-refractivity contribution is -0.154. The zero-order valence-corrected chi connectivity index (χ0v) is 25.3. The molecule has 0 aliphatic carbocycles. The molecular formula is C32H27N5O6S2. The van der Waals surface area contributed by atoms with Crippen molar-refractivity contribution in [2.45, 2.75) is 23.6 Å². The first-order valence-corrected chi connectivity index (χ1v) is 15.9. The van der Waals surface area contributed by atoms with Crippen LogP contribution in [0.2, 0.25) is 0 Å². The van der Waals surface area contributed by atoms with Crippen molar-refractivity contribution in [3.63, 3.8) is 0 Å². The molecule has 0 bridgehead atoms. The highest BCUT2D eigenvalue weighted by molar-refractivity contribution is 8.00. The molecular weight excluding hydrogens is 615 g/mol. The normalized spacial score (nSPS) is 18.1. The Balaban J connectivity index is 1.28. The summed E-state index contributed by atoms with van der Waals surface area (Å²) < 4.78 is 12.1. The van der Waals surface area contributed by atoms with Gasteiger partial charge in [0.25, 0.3) is 11.8 Å². The van der Waals surface area contributed by atoms with Crippen LogP contribution in [0.5, 0.6) is 5.75 Å². The first-order chi connectivity index (χ1) is 21.9. The smallest absolute Gasteiger partial charge is 0.356 e. The second-order valence-corrected chi connectivity index (χ2v) is 12.2. The van der Waals surface area contributed by atoms with Crippen LogP contribution in [0.15, 0.2) is 113 Å². The van der Waals surface area contributed by atoms with Gasteiger partial charge in [0.1, 0.15) is 29.5 Å². The molecule has 11 nitrogen and oxygen atoms in total. The average Bonchev–Trinajstić information content (AvgIpc) is 3.51. The lowest BCUT2D eigenvalue weighted by Gasteiger charge is -2.49. The predicted molar refractivity (Wildman–Crippen MR) is 170 cm³/mol. The third-order valence-electron chi connectivity index (χ3n) is 7.30. The molecule has 3 atom stereocenters. The molecule has 1 fully saturated rings. The van der Waals surface area contributed by atoms with Gasteiger partial charge >= 0.3 is 5.97 Å². The number of rotatable bonds is 11. The van der Waals surface area contributed by atoms with Gasteiger partial charge in [0.15, 0.2) is 11.2 Å². The summed E-state index contributed by atoms with van der Waals surface area (Å²) in [4.78, 5) is 57.6. The number of nitroso groups, excluding NO2 is 1. The van der Waals surface area contributed by atoms with Gasteiger partial charge in [-0.25, -0.2) is 9.78 Å². The van der Waals surface area contributed by atoms with Crippen LogP contribution in [-0.2, 0) is 19.1 Å². The minimum Gasteiger partial charge on any atom is -0.489 e. The van der Waals surface area contributed by atoms with E-state index in [0.29, 0.717) is 17.1 Å². The van der Waals surface area contributed by atoms with Crippen LogP contribution in [0, 0.1) is 4.91 Å². The van der Waals surface area contributed by atoms with Crippen molar-refractivity contribution in [1.29, 1.82) is 0 Å². The van der Waals surface area contributed by atoms with Crippen molar-refractivity contribution in [2.24, 2.45) is 5.18 Å². The molecule has 1 aromatic heterocycles. The summed E-state index contributed by atoms with van der Waals surface area (Å²) in [6, 6.07) is 25.3. The van der Waals surface area contributed by atoms with E-state index in [1.807, 2.05) is 78.9 Å². The molecule has 3 aromatic carbocycles. The van der Waals surface area contributed by atoms with Gasteiger partial charge in [-0.2, -0.15) is 0 Å². The van der Waals surface area contributed by atoms with Crippen molar-refractivity contribution in [2.75, 3.05) is 18.1 Å². The van der Waals surface area contributed by atoms with Gasteiger partial charge in [0.05, 0.1) is 5.69 Å². The summed E-state index contributed by atoms with van der Waals surface area (Å²) in [6.07, 6.45) is -0.742. The second-order valence-electron chi connectivity index (χ2n) is 10.2. The predicted octanol–water partition coefficient (Wildman–Crippen LogP) is 4.60. The van der Waals surface area contributed by atoms with E-state index in [2.05, 4.69) is 15.5 Å². The Morgan fingerprint density at radius 3 is 2.20 bits per heavy atom. The number of nitrogens with zero attached hydrogens (tertiary/aromatic N) is 3. The second kappa shape index (κ2) is 13.3. The number of hydrogen-bond acceptors (Lipinski definition) is 11. The number of nitrogens with one attached hydrogen (secondary N) is 1. The van der Waals surface area contributed by atoms with Gasteiger partial charge in [-0.05, 0) is 28.4 Å². The Bertz CT molecular complexity index is 1690. The van der Waals surface area contributed by atoms with Gasteiger partial charge in [0.2, 0.25) is 6.04 Å². The number of β-lactam (4-membered cyclic amide) rings is 1. The van der Waals surface area contributed by atoms with Gasteiger partial charge in [0, 0.05) is 16.7 Å². The van der Waals surface area contributed by atoms with Crippen LogP contribution < -0.4 is 15.8 Å². The lowest BCUT2D eigenvalue weighted by atomic mass is 10.0. The Morgan fingerprint density at radius 2 is 1.62 bits per heavy atom. The van der Waals surface area contributed by atoms with Gasteiger partial charge in [-0.15, -0.1) is 28.0 Å². The van der Waals surface area contributed by atoms with Gasteiger partial charge < -0.3 is 20.5 Å². The number of ether oxygens (including phenoxy) is 2. The summed E-state index contributed by atoms with van der Waals surface area (Å²) in [5.41, 5.74) is 7.91. The van der Waals surface area contributed by atoms with Crippen LogP contribution in [0.1, 0.15) is 29.0 Å². The van der Waals surface area contributed by atoms with Crippen molar-refractivity contribution in [3.8, 4) is 5.75 Å². The van der Waals surface area contributed by atoms with Crippen molar-refractivity contribution in [1.82, 2.24) is 15.2 Å². The molecule has 2 aliphatic heterocycles. The standard InChI is InChI=1S/C32H27N5O6S2/c33-32-34-23(18-45-32)24(36-41)28(38)35-25-29(39)37-26(21(17-44-30(25)37)16-42-22-14-8-3-9-15-22)31(40)43-27(19-10-4-1-5-11-19)20-12-6-2-7-13-20/h1-15,18,24-25,27,30H,16-17H2,(H2,33,34)(H,35,38)/t24?,25?,30-/m0/s1. The van der Waals surface area contributed by atoms with Crippen LogP contribution in [-0.4, -0.2) is 51.4 Å². The molecule has 0 spiro atoms. The van der Waals surface area contributed by atoms with E-state index in [4.69, 9.17) is 15.2 Å². The van der Waals surface area contributed by atoms with Crippen molar-refractivity contribution in [3.05, 3.63) is 129 Å². The summed E-state index contributed by atoms with van der Waals surface area (Å²) >= 11 is 2.43. The first-order valence-electron chi connectivity index (χ1n) is 13.9. The number of thiazole rings is 1. The van der Waals surface area contributed by atoms with E-state index < -0.39 is 41.3 Å². The van der Waals surface area contributed by atoms with Crippen molar-refractivity contribution >= 4 is 46.0 Å². The molecule has 2 aliphatic rings. The summed E-state index contributed by atoms with van der Waals surface area (Å²) in [5, 5.41) is 6.56. The number of anilines is 1. The molecule has 2 unspecified atom stereocenters. The highest BCUT2D eigenvalue weighted by atomic mass is 32.2. The summed E-state index contributed by atoms with van der Waals surface area (Å²) in [5.74, 6) is -1.08. The Hall–Kier alpha value is -5.01. The Labute approximate surface area is 266 Å². The number of hydrogen-bond donors (Lipinski definition) is 2. The fraction of sp³-hybridized carbons (Fsp3) is 0.188. The number of carbonyl (C=O) groups excluding carboxylic acids is 3. The highest BCUT2D eigenvalue weighted by Gasteiger charge is 2.55. The SMILES string of the molecule is Nc1nc(C(N=O)C(=O)NC2C(=O)N3C(C(=O)OC(c4ccccc4)c4ccccc4)=C(COc4ccccc4)CS[C@@H]23)cs1. The number of amides is 2. The summed E-state index contributed by atoms with van der Waals surface area (Å²) in [7, 11) is 0. The number of aromatic nitrogens is 1. The average molecular weight is 642 g/mol. The summed E-state index contributed by atoms with van der Waals surface area (Å²) in [6.45, 7) is 0.0404. The number of para-hydroxylation sites is 1. The maximum atomic E-state index is 14.1. The van der Waals surface area contributed by atoms with E-state index in [1.165, 1.54) is 22.0 Å². The molecule has 0 radical (unpaired) electrons. The fourth-order valence-corrected chi connectivity index (χ4v) is 7.02. The van der Waals surface area contributed by atoms with E-state index in [1.54, 1.807) is 12.1 Å². The van der Waals surface area contributed by atoms with E-state index in [9.17, 15) is 19.3 Å².